The Kier molecular flexibility index (Phi) is 6.11. The summed E-state index contributed by atoms with van der Waals surface area (Å²) in [6.45, 7) is 4.99. The maximum absolute atomic E-state index is 11.9. The number of carbonyl (C=O) groups is 1. The summed E-state index contributed by atoms with van der Waals surface area (Å²) in [6.07, 6.45) is 7.53. The van der Waals surface area contributed by atoms with Crippen molar-refractivity contribution in [2.24, 2.45) is 5.92 Å². The maximum Gasteiger partial charge on any atom is 0.273 e. The summed E-state index contributed by atoms with van der Waals surface area (Å²) in [4.78, 5) is 19.7. The molecule has 0 aromatic carbocycles. The van der Waals surface area contributed by atoms with E-state index in [0.29, 0.717) is 12.5 Å². The predicted octanol–water partition coefficient (Wildman–Crippen LogP) is 2.00. The summed E-state index contributed by atoms with van der Waals surface area (Å²) >= 11 is 0. The number of unbranched alkanes of at least 4 members (excludes halogenated alkanes) is 1. The summed E-state index contributed by atoms with van der Waals surface area (Å²) in [5.74, 6) is 0.457. The minimum Gasteiger partial charge on any atom is -0.382 e. The number of rotatable bonds is 7. The van der Waals surface area contributed by atoms with E-state index in [1.54, 1.807) is 0 Å². The molecule has 0 bridgehead atoms. The number of nitrogens with zero attached hydrogens (tertiary/aromatic N) is 2. The van der Waals surface area contributed by atoms with Crippen LogP contribution in [0.1, 0.15) is 50.0 Å². The second kappa shape index (κ2) is 7.63. The molecule has 0 aliphatic carbocycles. The quantitative estimate of drug-likeness (QED) is 0.775. The van der Waals surface area contributed by atoms with Crippen LogP contribution in [0.15, 0.2) is 12.4 Å². The van der Waals surface area contributed by atoms with Gasteiger partial charge in [-0.3, -0.25) is 4.79 Å². The number of aromatic nitrogens is 2. The lowest BCUT2D eigenvalue weighted by atomic mass is 9.99. The van der Waals surface area contributed by atoms with Gasteiger partial charge >= 0.3 is 0 Å². The van der Waals surface area contributed by atoms with E-state index in [2.05, 4.69) is 29.1 Å². The van der Waals surface area contributed by atoms with Crippen LogP contribution in [0.25, 0.3) is 0 Å². The Labute approximate surface area is 108 Å². The zero-order valence-corrected chi connectivity index (χ0v) is 11.1. The Bertz CT molecular complexity index is 381. The molecule has 1 aromatic rings. The molecule has 3 N–H and O–H groups in total. The standard InChI is InChI=1S/C13H22N4O/c1-3-5-6-10(4-2)9-17-13(18)11-12(14)16-8-7-15-11/h7-8,10H,3-6,9H2,1-2H3,(H2,14,16)(H,17,18). The highest BCUT2D eigenvalue weighted by Crippen LogP contribution is 2.11. The van der Waals surface area contributed by atoms with E-state index < -0.39 is 0 Å². The van der Waals surface area contributed by atoms with Gasteiger partial charge < -0.3 is 11.1 Å². The van der Waals surface area contributed by atoms with Crippen LogP contribution in [-0.2, 0) is 0 Å². The highest BCUT2D eigenvalue weighted by atomic mass is 16.1. The molecule has 1 rings (SSSR count). The SMILES string of the molecule is CCCCC(CC)CNC(=O)c1nccnc1N. The monoisotopic (exact) mass is 250 g/mol. The van der Waals surface area contributed by atoms with Crippen LogP contribution >= 0.6 is 0 Å². The van der Waals surface area contributed by atoms with Gasteiger partial charge in [0.1, 0.15) is 0 Å². The van der Waals surface area contributed by atoms with Crippen LogP contribution in [0.5, 0.6) is 0 Å². The van der Waals surface area contributed by atoms with E-state index >= 15 is 0 Å². The zero-order valence-electron chi connectivity index (χ0n) is 11.1. The van der Waals surface area contributed by atoms with Crippen molar-refractivity contribution in [2.75, 3.05) is 12.3 Å². The van der Waals surface area contributed by atoms with Crippen LogP contribution in [0.4, 0.5) is 5.82 Å². The van der Waals surface area contributed by atoms with E-state index in [9.17, 15) is 4.79 Å². The second-order valence-electron chi connectivity index (χ2n) is 4.42. The fraction of sp³-hybridized carbons (Fsp3) is 0.615. The number of anilines is 1. The third-order valence-electron chi connectivity index (χ3n) is 3.04. The van der Waals surface area contributed by atoms with E-state index in [0.717, 1.165) is 12.8 Å². The molecule has 0 aliphatic heterocycles. The van der Waals surface area contributed by atoms with Crippen LogP contribution < -0.4 is 11.1 Å². The molecule has 5 nitrogen and oxygen atoms in total. The minimum absolute atomic E-state index is 0.177. The van der Waals surface area contributed by atoms with Crippen molar-refractivity contribution in [3.8, 4) is 0 Å². The average molecular weight is 250 g/mol. The molecule has 0 aliphatic rings. The van der Waals surface area contributed by atoms with Gasteiger partial charge in [0.2, 0.25) is 0 Å². The van der Waals surface area contributed by atoms with Gasteiger partial charge in [-0.1, -0.05) is 33.1 Å². The topological polar surface area (TPSA) is 80.9 Å². The van der Waals surface area contributed by atoms with Crippen LogP contribution in [0.3, 0.4) is 0 Å². The highest BCUT2D eigenvalue weighted by Gasteiger charge is 2.13. The lowest BCUT2D eigenvalue weighted by Gasteiger charge is -2.15. The van der Waals surface area contributed by atoms with Gasteiger partial charge in [0.25, 0.3) is 5.91 Å². The van der Waals surface area contributed by atoms with Crippen molar-refractivity contribution in [2.45, 2.75) is 39.5 Å². The molecule has 1 atom stereocenters. The van der Waals surface area contributed by atoms with Crippen molar-refractivity contribution in [1.82, 2.24) is 15.3 Å². The van der Waals surface area contributed by atoms with Gasteiger partial charge in [-0.2, -0.15) is 0 Å². The van der Waals surface area contributed by atoms with E-state index in [-0.39, 0.29) is 17.4 Å². The molecule has 18 heavy (non-hydrogen) atoms. The Morgan fingerprint density at radius 3 is 2.72 bits per heavy atom. The van der Waals surface area contributed by atoms with Crippen LogP contribution in [0, 0.1) is 5.92 Å². The Balaban J connectivity index is 2.47. The van der Waals surface area contributed by atoms with Gasteiger partial charge in [0, 0.05) is 18.9 Å². The Morgan fingerprint density at radius 1 is 1.39 bits per heavy atom. The number of carbonyl (C=O) groups excluding carboxylic acids is 1. The smallest absolute Gasteiger partial charge is 0.273 e. The summed E-state index contributed by atoms with van der Waals surface area (Å²) in [5.41, 5.74) is 5.82. The molecular weight excluding hydrogens is 228 g/mol. The molecule has 0 radical (unpaired) electrons. The van der Waals surface area contributed by atoms with Gasteiger partial charge in [0.05, 0.1) is 0 Å². The molecular formula is C13H22N4O. The largest absolute Gasteiger partial charge is 0.382 e. The van der Waals surface area contributed by atoms with Gasteiger partial charge in [-0.15, -0.1) is 0 Å². The van der Waals surface area contributed by atoms with Crippen LogP contribution in [-0.4, -0.2) is 22.4 Å². The molecule has 0 saturated heterocycles. The minimum atomic E-state index is -0.240. The molecule has 1 aromatic heterocycles. The van der Waals surface area contributed by atoms with E-state index in [4.69, 9.17) is 5.73 Å². The molecule has 0 spiro atoms. The number of nitrogens with one attached hydrogen (secondary N) is 1. The van der Waals surface area contributed by atoms with Crippen molar-refractivity contribution < 1.29 is 4.79 Å². The van der Waals surface area contributed by atoms with Gasteiger partial charge in [-0.25, -0.2) is 9.97 Å². The first-order valence-electron chi connectivity index (χ1n) is 6.53. The zero-order chi connectivity index (χ0) is 13.4. The normalized spacial score (nSPS) is 12.1. The number of amides is 1. The molecule has 0 saturated carbocycles. The fourth-order valence-electron chi connectivity index (χ4n) is 1.79. The van der Waals surface area contributed by atoms with Crippen molar-refractivity contribution in [3.63, 3.8) is 0 Å². The third-order valence-corrected chi connectivity index (χ3v) is 3.04. The molecule has 100 valence electrons. The molecule has 1 amide bonds. The Morgan fingerprint density at radius 2 is 2.11 bits per heavy atom. The molecule has 0 fully saturated rings. The summed E-state index contributed by atoms with van der Waals surface area (Å²) in [6, 6.07) is 0. The van der Waals surface area contributed by atoms with Crippen molar-refractivity contribution >= 4 is 11.7 Å². The molecule has 1 unspecified atom stereocenters. The summed E-state index contributed by atoms with van der Waals surface area (Å²) in [5, 5.41) is 2.88. The lowest BCUT2D eigenvalue weighted by Crippen LogP contribution is -2.30. The lowest BCUT2D eigenvalue weighted by molar-refractivity contribution is 0.0941. The summed E-state index contributed by atoms with van der Waals surface area (Å²) < 4.78 is 0. The van der Waals surface area contributed by atoms with Crippen molar-refractivity contribution in [3.05, 3.63) is 18.1 Å². The second-order valence-corrected chi connectivity index (χ2v) is 4.42. The number of nitrogen functional groups attached to an aromatic ring is 1. The number of hydrogen-bond donors (Lipinski definition) is 2. The van der Waals surface area contributed by atoms with Crippen LogP contribution in [0.2, 0.25) is 0 Å². The first kappa shape index (κ1) is 14.4. The first-order valence-corrected chi connectivity index (χ1v) is 6.53. The predicted molar refractivity (Wildman–Crippen MR) is 72.1 cm³/mol. The van der Waals surface area contributed by atoms with Gasteiger partial charge in [0.15, 0.2) is 11.5 Å². The highest BCUT2D eigenvalue weighted by molar-refractivity contribution is 5.96. The first-order chi connectivity index (χ1) is 8.69. The average Bonchev–Trinajstić information content (AvgIpc) is 2.39. The molecule has 1 heterocycles. The van der Waals surface area contributed by atoms with Crippen molar-refractivity contribution in [1.29, 1.82) is 0 Å². The Hall–Kier alpha value is -1.65. The fourth-order valence-corrected chi connectivity index (χ4v) is 1.79. The van der Waals surface area contributed by atoms with Gasteiger partial charge in [-0.05, 0) is 12.3 Å². The van der Waals surface area contributed by atoms with E-state index in [1.807, 2.05) is 0 Å². The van der Waals surface area contributed by atoms with E-state index in [1.165, 1.54) is 25.2 Å². The maximum atomic E-state index is 11.9. The molecule has 5 heteroatoms. The number of hydrogen-bond acceptors (Lipinski definition) is 4. The summed E-state index contributed by atoms with van der Waals surface area (Å²) in [7, 11) is 0. The number of nitrogens with two attached hydrogens (primary N) is 1. The third kappa shape index (κ3) is 4.31.